The molecule has 4 atom stereocenters. The highest BCUT2D eigenvalue weighted by Crippen LogP contribution is 2.52. The Kier molecular flexibility index (Phi) is 2.66. The monoisotopic (exact) mass is 254 g/mol. The van der Waals surface area contributed by atoms with Crippen LogP contribution >= 0.6 is 0 Å². The summed E-state index contributed by atoms with van der Waals surface area (Å²) in [4.78, 5) is 0. The molecule has 3 fully saturated rings. The summed E-state index contributed by atoms with van der Waals surface area (Å²) in [5.74, 6) is 0.611. The third kappa shape index (κ3) is 2.21. The van der Waals surface area contributed by atoms with Crippen molar-refractivity contribution >= 4 is 0 Å². The molecule has 3 rings (SSSR count). The first-order chi connectivity index (χ1) is 8.23. The van der Waals surface area contributed by atoms with Crippen LogP contribution in [0.15, 0.2) is 0 Å². The van der Waals surface area contributed by atoms with Gasteiger partial charge in [-0.3, -0.25) is 0 Å². The molecule has 0 aromatic rings. The smallest absolute Gasteiger partial charge is 0.110 e. The van der Waals surface area contributed by atoms with E-state index in [1.54, 1.807) is 0 Å². The van der Waals surface area contributed by atoms with Crippen LogP contribution in [0.1, 0.15) is 53.9 Å². The summed E-state index contributed by atoms with van der Waals surface area (Å²) < 4.78 is 17.5. The lowest BCUT2D eigenvalue weighted by Crippen LogP contribution is -2.40. The average Bonchev–Trinajstić information content (AvgIpc) is 3.09. The second-order valence-corrected chi connectivity index (χ2v) is 7.51. The molecule has 0 amide bonds. The third-order valence-electron chi connectivity index (χ3n) is 5.28. The van der Waals surface area contributed by atoms with Crippen molar-refractivity contribution in [2.75, 3.05) is 6.61 Å². The Morgan fingerprint density at radius 1 is 1.22 bits per heavy atom. The maximum absolute atomic E-state index is 6.15. The zero-order chi connectivity index (χ0) is 13.2. The standard InChI is InChI=1S/C15H26O3/c1-13(2,16-9-12-14(3,4)17-12)10-6-7-15(5)11(8-10)18-15/h10-12H,6-9H2,1-5H3. The molecular weight excluding hydrogens is 228 g/mol. The van der Waals surface area contributed by atoms with Gasteiger partial charge in [0.2, 0.25) is 0 Å². The van der Waals surface area contributed by atoms with Crippen molar-refractivity contribution in [3.8, 4) is 0 Å². The number of hydrogen-bond acceptors (Lipinski definition) is 3. The van der Waals surface area contributed by atoms with Crippen LogP contribution in [0.3, 0.4) is 0 Å². The van der Waals surface area contributed by atoms with E-state index < -0.39 is 0 Å². The highest BCUT2D eigenvalue weighted by molar-refractivity contribution is 5.06. The molecule has 18 heavy (non-hydrogen) atoms. The van der Waals surface area contributed by atoms with Gasteiger partial charge in [0.05, 0.1) is 29.5 Å². The van der Waals surface area contributed by atoms with Gasteiger partial charge >= 0.3 is 0 Å². The summed E-state index contributed by atoms with van der Waals surface area (Å²) in [7, 11) is 0. The van der Waals surface area contributed by atoms with Gasteiger partial charge in [-0.1, -0.05) is 0 Å². The van der Waals surface area contributed by atoms with Crippen molar-refractivity contribution in [3.63, 3.8) is 0 Å². The molecule has 2 saturated heterocycles. The Balaban J connectivity index is 1.51. The summed E-state index contributed by atoms with van der Waals surface area (Å²) in [6, 6.07) is 0. The van der Waals surface area contributed by atoms with Crippen molar-refractivity contribution in [3.05, 3.63) is 0 Å². The van der Waals surface area contributed by atoms with E-state index in [1.807, 2.05) is 0 Å². The van der Waals surface area contributed by atoms with Gasteiger partial charge in [0.15, 0.2) is 0 Å². The van der Waals surface area contributed by atoms with Crippen LogP contribution in [0.5, 0.6) is 0 Å². The van der Waals surface area contributed by atoms with E-state index in [2.05, 4.69) is 34.6 Å². The van der Waals surface area contributed by atoms with Crippen LogP contribution < -0.4 is 0 Å². The van der Waals surface area contributed by atoms with Crippen LogP contribution in [0.4, 0.5) is 0 Å². The fourth-order valence-corrected chi connectivity index (χ4v) is 3.25. The van der Waals surface area contributed by atoms with Crippen molar-refractivity contribution in [2.45, 2.75) is 82.9 Å². The van der Waals surface area contributed by atoms with Crippen LogP contribution in [0.25, 0.3) is 0 Å². The van der Waals surface area contributed by atoms with Gasteiger partial charge in [-0.2, -0.15) is 0 Å². The zero-order valence-corrected chi connectivity index (χ0v) is 12.3. The molecule has 2 aliphatic heterocycles. The predicted octanol–water partition coefficient (Wildman–Crippen LogP) is 2.92. The Hall–Kier alpha value is -0.120. The summed E-state index contributed by atoms with van der Waals surface area (Å²) in [6.07, 6.45) is 4.31. The molecule has 0 bridgehead atoms. The minimum absolute atomic E-state index is 0.0286. The van der Waals surface area contributed by atoms with Crippen LogP contribution in [0, 0.1) is 5.92 Å². The first kappa shape index (κ1) is 12.9. The molecule has 104 valence electrons. The normalized spacial score (nSPS) is 45.5. The largest absolute Gasteiger partial charge is 0.372 e. The molecule has 0 aromatic heterocycles. The van der Waals surface area contributed by atoms with Gasteiger partial charge < -0.3 is 14.2 Å². The molecule has 3 aliphatic rings. The fourth-order valence-electron chi connectivity index (χ4n) is 3.25. The molecule has 2 heterocycles. The average molecular weight is 254 g/mol. The maximum Gasteiger partial charge on any atom is 0.110 e. The molecule has 0 N–H and O–H groups in total. The number of fused-ring (bicyclic) bond motifs is 1. The minimum Gasteiger partial charge on any atom is -0.372 e. The second kappa shape index (κ2) is 3.71. The number of ether oxygens (including phenoxy) is 3. The van der Waals surface area contributed by atoms with E-state index in [1.165, 1.54) is 12.8 Å². The summed E-state index contributed by atoms with van der Waals surface area (Å²) in [6.45, 7) is 11.6. The Labute approximate surface area is 110 Å². The predicted molar refractivity (Wildman–Crippen MR) is 69.6 cm³/mol. The second-order valence-electron chi connectivity index (χ2n) is 7.51. The summed E-state index contributed by atoms with van der Waals surface area (Å²) in [5, 5.41) is 0. The van der Waals surface area contributed by atoms with E-state index in [4.69, 9.17) is 14.2 Å². The minimum atomic E-state index is -0.0602. The molecule has 4 unspecified atom stereocenters. The SMILES string of the molecule is CC(C)(OCC1OC1(C)C)C1CCC2(C)OC2C1. The number of hydrogen-bond donors (Lipinski definition) is 0. The maximum atomic E-state index is 6.15. The number of epoxide rings is 2. The first-order valence-corrected chi connectivity index (χ1v) is 7.23. The summed E-state index contributed by atoms with van der Waals surface area (Å²) in [5.41, 5.74) is 0.171. The number of rotatable bonds is 4. The first-order valence-electron chi connectivity index (χ1n) is 7.23. The Morgan fingerprint density at radius 3 is 2.44 bits per heavy atom. The topological polar surface area (TPSA) is 34.3 Å². The highest BCUT2D eigenvalue weighted by atomic mass is 16.6. The fraction of sp³-hybridized carbons (Fsp3) is 1.00. The van der Waals surface area contributed by atoms with E-state index in [0.29, 0.717) is 12.0 Å². The van der Waals surface area contributed by atoms with Crippen molar-refractivity contribution in [1.82, 2.24) is 0 Å². The van der Waals surface area contributed by atoms with Gasteiger partial charge in [0.1, 0.15) is 6.10 Å². The molecular formula is C15H26O3. The third-order valence-corrected chi connectivity index (χ3v) is 5.28. The molecule has 0 aromatic carbocycles. The van der Waals surface area contributed by atoms with E-state index in [-0.39, 0.29) is 22.9 Å². The Morgan fingerprint density at radius 2 is 1.89 bits per heavy atom. The molecule has 3 heteroatoms. The van der Waals surface area contributed by atoms with E-state index in [9.17, 15) is 0 Å². The van der Waals surface area contributed by atoms with Crippen LogP contribution in [-0.4, -0.2) is 35.6 Å². The lowest BCUT2D eigenvalue weighted by Gasteiger charge is -2.36. The van der Waals surface area contributed by atoms with E-state index >= 15 is 0 Å². The van der Waals surface area contributed by atoms with Gasteiger partial charge in [0, 0.05) is 0 Å². The highest BCUT2D eigenvalue weighted by Gasteiger charge is 2.57. The van der Waals surface area contributed by atoms with Crippen LogP contribution in [0.2, 0.25) is 0 Å². The van der Waals surface area contributed by atoms with Crippen molar-refractivity contribution < 1.29 is 14.2 Å². The van der Waals surface area contributed by atoms with Gasteiger partial charge in [-0.15, -0.1) is 0 Å². The zero-order valence-electron chi connectivity index (χ0n) is 12.3. The lowest BCUT2D eigenvalue weighted by atomic mass is 9.75. The van der Waals surface area contributed by atoms with Gasteiger partial charge in [0.25, 0.3) is 0 Å². The molecule has 0 spiro atoms. The van der Waals surface area contributed by atoms with Gasteiger partial charge in [-0.05, 0) is 59.8 Å². The van der Waals surface area contributed by atoms with Crippen molar-refractivity contribution in [1.29, 1.82) is 0 Å². The summed E-state index contributed by atoms with van der Waals surface area (Å²) >= 11 is 0. The molecule has 1 saturated carbocycles. The molecule has 1 aliphatic carbocycles. The molecule has 3 nitrogen and oxygen atoms in total. The lowest BCUT2D eigenvalue weighted by molar-refractivity contribution is -0.0740. The van der Waals surface area contributed by atoms with Crippen LogP contribution in [-0.2, 0) is 14.2 Å². The Bertz CT molecular complexity index is 350. The quantitative estimate of drug-likeness (QED) is 0.723. The van der Waals surface area contributed by atoms with Crippen molar-refractivity contribution in [2.24, 2.45) is 5.92 Å². The van der Waals surface area contributed by atoms with E-state index in [0.717, 1.165) is 13.0 Å². The van der Waals surface area contributed by atoms with Gasteiger partial charge in [-0.25, -0.2) is 0 Å². The molecule has 0 radical (unpaired) electrons.